The fraction of sp³-hybridized carbons (Fsp3) is 0.517. The van der Waals surface area contributed by atoms with Crippen molar-refractivity contribution in [2.45, 2.75) is 67.9 Å². The second-order valence-corrected chi connectivity index (χ2v) is 12.5. The highest BCUT2D eigenvalue weighted by molar-refractivity contribution is 6.15. The zero-order chi connectivity index (χ0) is 25.9. The van der Waals surface area contributed by atoms with Crippen LogP contribution in [0.3, 0.4) is 0 Å². The molecule has 9 heteroatoms. The molecule has 1 aromatic carbocycles. The first-order valence-electron chi connectivity index (χ1n) is 13.7. The van der Waals surface area contributed by atoms with E-state index in [-0.39, 0.29) is 41.1 Å². The Balaban J connectivity index is 0.961. The van der Waals surface area contributed by atoms with Crippen molar-refractivity contribution in [1.29, 1.82) is 0 Å². The molecule has 3 N–H and O–H groups in total. The van der Waals surface area contributed by atoms with Gasteiger partial charge in [-0.3, -0.25) is 24.6 Å². The number of amides is 3. The number of nitrogens with two attached hydrogens (primary N) is 1. The Bertz CT molecular complexity index is 1370. The predicted octanol–water partition coefficient (Wildman–Crippen LogP) is 2.17. The third kappa shape index (κ3) is 2.96. The van der Waals surface area contributed by atoms with E-state index in [1.807, 2.05) is 30.5 Å². The lowest BCUT2D eigenvalue weighted by atomic mass is 9.33. The highest BCUT2D eigenvalue weighted by atomic mass is 16.5. The van der Waals surface area contributed by atoms with Crippen molar-refractivity contribution in [2.75, 3.05) is 35.2 Å². The second kappa shape index (κ2) is 7.34. The molecule has 9 rings (SSSR count). The SMILES string of the molecule is Nc1ccc(N2CC(OCC34CC(c5cccc6c5C5(CC5)C(=O)N6C5CCC(=O)NC5=O)(C3)C4)C2)cn1. The van der Waals surface area contributed by atoms with Crippen molar-refractivity contribution in [3.63, 3.8) is 0 Å². The molecule has 7 aliphatic rings. The Kier molecular flexibility index (Phi) is 4.35. The maximum Gasteiger partial charge on any atom is 0.249 e. The van der Waals surface area contributed by atoms with Crippen molar-refractivity contribution in [3.8, 4) is 0 Å². The third-order valence-electron chi connectivity index (χ3n) is 10.0. The molecule has 4 saturated carbocycles. The zero-order valence-electron chi connectivity index (χ0n) is 21.2. The Morgan fingerprint density at radius 3 is 2.55 bits per heavy atom. The van der Waals surface area contributed by atoms with E-state index in [0.29, 0.717) is 12.2 Å². The van der Waals surface area contributed by atoms with Crippen molar-refractivity contribution in [2.24, 2.45) is 5.41 Å². The average Bonchev–Trinajstić information content (AvgIpc) is 3.58. The number of pyridine rings is 1. The van der Waals surface area contributed by atoms with E-state index >= 15 is 0 Å². The van der Waals surface area contributed by atoms with Crippen LogP contribution in [0.1, 0.15) is 56.1 Å². The van der Waals surface area contributed by atoms with Gasteiger partial charge in [0.15, 0.2) is 0 Å². The summed E-state index contributed by atoms with van der Waals surface area (Å²) in [5.74, 6) is -0.0342. The first-order chi connectivity index (χ1) is 18.3. The van der Waals surface area contributed by atoms with E-state index in [2.05, 4.69) is 21.3 Å². The number of hydrogen-bond acceptors (Lipinski definition) is 7. The monoisotopic (exact) mass is 513 g/mol. The molecular weight excluding hydrogens is 482 g/mol. The van der Waals surface area contributed by atoms with Crippen molar-refractivity contribution < 1.29 is 19.1 Å². The van der Waals surface area contributed by atoms with Crippen LogP contribution in [0.15, 0.2) is 36.5 Å². The maximum absolute atomic E-state index is 13.7. The van der Waals surface area contributed by atoms with Gasteiger partial charge in [-0.05, 0) is 78.7 Å². The number of aromatic nitrogens is 1. The third-order valence-corrected chi connectivity index (χ3v) is 10.0. The molecule has 2 aromatic rings. The lowest BCUT2D eigenvalue weighted by Gasteiger charge is -2.71. The molecule has 0 radical (unpaired) electrons. The fourth-order valence-corrected chi connectivity index (χ4v) is 8.03. The first kappa shape index (κ1) is 22.5. The minimum atomic E-state index is -0.604. The van der Waals surface area contributed by atoms with Crippen LogP contribution in [-0.2, 0) is 30.0 Å². The van der Waals surface area contributed by atoms with Gasteiger partial charge in [0.2, 0.25) is 17.7 Å². The van der Waals surface area contributed by atoms with E-state index in [0.717, 1.165) is 68.7 Å². The standard InChI is InChI=1S/C29H31N5O4/c30-22-6-4-17(10-31-22)33-11-18(12-33)38-16-27-13-28(14-27,15-27)19-2-1-3-20-24(19)29(8-9-29)26(37)34(20)21-5-7-23(35)32-25(21)36/h1-4,6,10,18,21H,5,7-9,11-16H2,(H2,30,31)(H,32,35,36). The number of carbonyl (C=O) groups excluding carboxylic acids is 3. The highest BCUT2D eigenvalue weighted by Gasteiger charge is 2.71. The highest BCUT2D eigenvalue weighted by Crippen LogP contribution is 2.76. The number of rotatable bonds is 6. The Morgan fingerprint density at radius 1 is 1.08 bits per heavy atom. The number of imide groups is 1. The smallest absolute Gasteiger partial charge is 0.249 e. The molecule has 1 atom stereocenters. The summed E-state index contributed by atoms with van der Waals surface area (Å²) < 4.78 is 6.34. The molecule has 1 unspecified atom stereocenters. The lowest BCUT2D eigenvalue weighted by Crippen LogP contribution is -2.67. The van der Waals surface area contributed by atoms with Crippen molar-refractivity contribution >= 4 is 34.9 Å². The van der Waals surface area contributed by atoms with Crippen LogP contribution in [0, 0.1) is 5.41 Å². The number of benzene rings is 1. The number of hydrogen-bond donors (Lipinski definition) is 2. The van der Waals surface area contributed by atoms with Crippen LogP contribution in [-0.4, -0.2) is 54.5 Å². The second-order valence-electron chi connectivity index (χ2n) is 12.5. The van der Waals surface area contributed by atoms with Gasteiger partial charge in [-0.2, -0.15) is 0 Å². The van der Waals surface area contributed by atoms with Gasteiger partial charge >= 0.3 is 0 Å². The average molecular weight is 514 g/mol. The van der Waals surface area contributed by atoms with Gasteiger partial charge in [0.05, 0.1) is 30.0 Å². The molecule has 3 amide bonds. The molecule has 6 fully saturated rings. The van der Waals surface area contributed by atoms with E-state index in [4.69, 9.17) is 10.5 Å². The molecular formula is C29H31N5O4. The van der Waals surface area contributed by atoms with Crippen LogP contribution in [0.5, 0.6) is 0 Å². The molecule has 4 aliphatic carbocycles. The van der Waals surface area contributed by atoms with Crippen LogP contribution >= 0.6 is 0 Å². The summed E-state index contributed by atoms with van der Waals surface area (Å²) in [5, 5.41) is 2.44. The number of anilines is 3. The van der Waals surface area contributed by atoms with Crippen LogP contribution < -0.4 is 20.9 Å². The number of fused-ring (bicyclic) bond motifs is 2. The zero-order valence-corrected chi connectivity index (χ0v) is 21.2. The van der Waals surface area contributed by atoms with E-state index in [1.165, 1.54) is 5.56 Å². The Hall–Kier alpha value is -3.46. The molecule has 4 heterocycles. The number of nitrogen functional groups attached to an aromatic ring is 1. The molecule has 1 aromatic heterocycles. The Morgan fingerprint density at radius 2 is 1.87 bits per heavy atom. The van der Waals surface area contributed by atoms with Crippen LogP contribution in [0.2, 0.25) is 0 Å². The molecule has 38 heavy (non-hydrogen) atoms. The molecule has 2 saturated heterocycles. The Labute approximate surface area is 220 Å². The number of piperidine rings is 1. The van der Waals surface area contributed by atoms with Gasteiger partial charge in [-0.25, -0.2) is 4.98 Å². The first-order valence-corrected chi connectivity index (χ1v) is 13.7. The van der Waals surface area contributed by atoms with E-state index < -0.39 is 11.5 Å². The topological polar surface area (TPSA) is 118 Å². The predicted molar refractivity (Wildman–Crippen MR) is 140 cm³/mol. The number of ether oxygens (including phenoxy) is 1. The molecule has 9 nitrogen and oxygen atoms in total. The number of carbonyl (C=O) groups is 3. The number of nitrogens with one attached hydrogen (secondary N) is 1. The summed E-state index contributed by atoms with van der Waals surface area (Å²) in [5.41, 5.74) is 10.0. The van der Waals surface area contributed by atoms with Crippen LogP contribution in [0.25, 0.3) is 0 Å². The summed E-state index contributed by atoms with van der Waals surface area (Å²) in [6, 6.07) is 9.48. The maximum atomic E-state index is 13.7. The summed E-state index contributed by atoms with van der Waals surface area (Å²) in [4.78, 5) is 46.3. The van der Waals surface area contributed by atoms with Gasteiger partial charge in [-0.15, -0.1) is 0 Å². The minimum absolute atomic E-state index is 0.0462. The van der Waals surface area contributed by atoms with Crippen molar-refractivity contribution in [3.05, 3.63) is 47.7 Å². The van der Waals surface area contributed by atoms with E-state index in [9.17, 15) is 14.4 Å². The van der Waals surface area contributed by atoms with Crippen LogP contribution in [0.4, 0.5) is 17.2 Å². The van der Waals surface area contributed by atoms with Gasteiger partial charge in [-0.1, -0.05) is 12.1 Å². The summed E-state index contributed by atoms with van der Waals surface area (Å²) >= 11 is 0. The quantitative estimate of drug-likeness (QED) is 0.569. The minimum Gasteiger partial charge on any atom is -0.384 e. The molecule has 196 valence electrons. The summed E-state index contributed by atoms with van der Waals surface area (Å²) in [6.07, 6.45) is 7.67. The summed E-state index contributed by atoms with van der Waals surface area (Å²) in [7, 11) is 0. The van der Waals surface area contributed by atoms with Gasteiger partial charge < -0.3 is 15.4 Å². The molecule has 3 aliphatic heterocycles. The normalized spacial score (nSPS) is 32.4. The van der Waals surface area contributed by atoms with Crippen molar-refractivity contribution in [1.82, 2.24) is 10.3 Å². The van der Waals surface area contributed by atoms with Gasteiger partial charge in [0, 0.05) is 25.2 Å². The fourth-order valence-electron chi connectivity index (χ4n) is 8.03. The molecule has 1 spiro atoms. The van der Waals surface area contributed by atoms with E-state index in [1.54, 1.807) is 4.90 Å². The molecule has 2 bridgehead atoms. The largest absolute Gasteiger partial charge is 0.384 e. The number of nitrogens with zero attached hydrogens (tertiary/aromatic N) is 3. The van der Waals surface area contributed by atoms with Gasteiger partial charge in [0.1, 0.15) is 11.9 Å². The lowest BCUT2D eigenvalue weighted by molar-refractivity contribution is -0.192. The summed E-state index contributed by atoms with van der Waals surface area (Å²) in [6.45, 7) is 2.54. The van der Waals surface area contributed by atoms with Gasteiger partial charge in [0.25, 0.3) is 0 Å².